The number of likely N-dealkylation sites (tertiary alicyclic amines) is 1. The van der Waals surface area contributed by atoms with Gasteiger partial charge in [-0.2, -0.15) is 0 Å². The van der Waals surface area contributed by atoms with E-state index in [0.29, 0.717) is 11.1 Å². The molecule has 1 unspecified atom stereocenters. The van der Waals surface area contributed by atoms with Crippen molar-refractivity contribution in [2.24, 2.45) is 0 Å². The van der Waals surface area contributed by atoms with Crippen LogP contribution in [0.15, 0.2) is 18.7 Å². The lowest BCUT2D eigenvalue weighted by atomic mass is 9.99. The molecule has 1 heterocycles. The molecular weight excluding hydrogens is 241 g/mol. The lowest BCUT2D eigenvalue weighted by molar-refractivity contribution is 0.0630. The Hall–Kier alpha value is -1.64. The monoisotopic (exact) mass is 261 g/mol. The molecule has 0 saturated carbocycles. The Labute approximate surface area is 113 Å². The number of benzene rings is 1. The number of rotatable bonds is 2. The molecule has 2 rings (SSSR count). The maximum atomic E-state index is 14.1. The molecule has 2 nitrogen and oxygen atoms in total. The first-order chi connectivity index (χ1) is 9.04. The molecule has 0 bridgehead atoms. The molecule has 0 N–H and O–H groups in total. The normalized spacial score (nSPS) is 19.3. The molecule has 0 aromatic heterocycles. The van der Waals surface area contributed by atoms with Gasteiger partial charge in [-0.25, -0.2) is 4.39 Å². The first-order valence-electron chi connectivity index (χ1n) is 6.78. The summed E-state index contributed by atoms with van der Waals surface area (Å²) in [5, 5.41) is 0. The van der Waals surface area contributed by atoms with Crippen LogP contribution in [0.4, 0.5) is 4.39 Å². The highest BCUT2D eigenvalue weighted by Gasteiger charge is 2.27. The molecule has 1 fully saturated rings. The minimum Gasteiger partial charge on any atom is -0.336 e. The summed E-state index contributed by atoms with van der Waals surface area (Å²) >= 11 is 0. The fourth-order valence-electron chi connectivity index (χ4n) is 2.70. The molecule has 0 aliphatic carbocycles. The van der Waals surface area contributed by atoms with Crippen molar-refractivity contribution in [1.29, 1.82) is 0 Å². The number of carbonyl (C=O) groups is 1. The van der Waals surface area contributed by atoms with Crippen LogP contribution in [0, 0.1) is 12.7 Å². The molecule has 19 heavy (non-hydrogen) atoms. The number of piperidine rings is 1. The number of hydrogen-bond donors (Lipinski definition) is 0. The molecular formula is C16H20FNO. The molecule has 102 valence electrons. The van der Waals surface area contributed by atoms with Gasteiger partial charge in [0.1, 0.15) is 5.82 Å². The van der Waals surface area contributed by atoms with Gasteiger partial charge in [0.05, 0.1) is 5.56 Å². The smallest absolute Gasteiger partial charge is 0.257 e. The highest BCUT2D eigenvalue weighted by atomic mass is 19.1. The highest BCUT2D eigenvalue weighted by molar-refractivity contribution is 5.96. The van der Waals surface area contributed by atoms with Gasteiger partial charge in [-0.15, -0.1) is 0 Å². The number of halogens is 1. The van der Waals surface area contributed by atoms with Gasteiger partial charge < -0.3 is 4.90 Å². The van der Waals surface area contributed by atoms with Gasteiger partial charge in [0, 0.05) is 12.6 Å². The summed E-state index contributed by atoms with van der Waals surface area (Å²) in [7, 11) is 0. The van der Waals surface area contributed by atoms with Crippen molar-refractivity contribution in [3.63, 3.8) is 0 Å². The Balaban J connectivity index is 2.35. The van der Waals surface area contributed by atoms with E-state index < -0.39 is 5.82 Å². The topological polar surface area (TPSA) is 20.3 Å². The van der Waals surface area contributed by atoms with Crippen molar-refractivity contribution in [3.05, 3.63) is 41.2 Å². The largest absolute Gasteiger partial charge is 0.336 e. The molecule has 1 aromatic rings. The van der Waals surface area contributed by atoms with E-state index in [1.54, 1.807) is 24.0 Å². The lowest BCUT2D eigenvalue weighted by Gasteiger charge is -2.34. The zero-order valence-corrected chi connectivity index (χ0v) is 11.6. The van der Waals surface area contributed by atoms with Crippen LogP contribution in [0.2, 0.25) is 0 Å². The molecule has 1 aliphatic heterocycles. The van der Waals surface area contributed by atoms with Gasteiger partial charge in [0.2, 0.25) is 0 Å². The summed E-state index contributed by atoms with van der Waals surface area (Å²) in [6.45, 7) is 8.16. The van der Waals surface area contributed by atoms with Crippen LogP contribution < -0.4 is 0 Å². The minimum absolute atomic E-state index is 0.183. The summed E-state index contributed by atoms with van der Waals surface area (Å²) in [5.41, 5.74) is 1.59. The first-order valence-corrected chi connectivity index (χ1v) is 6.78. The van der Waals surface area contributed by atoms with E-state index in [1.165, 1.54) is 6.07 Å². The standard InChI is InChI=1S/C16H20FNO/c1-4-13-9-11(2)15(14(17)10-13)16(19)18-8-6-5-7-12(18)3/h4,9-10,12H,1,5-8H2,2-3H3. The van der Waals surface area contributed by atoms with Gasteiger partial charge in [-0.1, -0.05) is 18.7 Å². The van der Waals surface area contributed by atoms with Crippen molar-refractivity contribution >= 4 is 12.0 Å². The van der Waals surface area contributed by atoms with Crippen LogP contribution in [-0.2, 0) is 0 Å². The summed E-state index contributed by atoms with van der Waals surface area (Å²) in [6.07, 6.45) is 4.73. The minimum atomic E-state index is -0.447. The van der Waals surface area contributed by atoms with Crippen LogP contribution >= 0.6 is 0 Å². The van der Waals surface area contributed by atoms with Gasteiger partial charge in [-0.3, -0.25) is 4.79 Å². The predicted octanol–water partition coefficient (Wildman–Crippen LogP) is 3.79. The summed E-state index contributed by atoms with van der Waals surface area (Å²) in [4.78, 5) is 14.3. The van der Waals surface area contributed by atoms with Gasteiger partial charge in [-0.05, 0) is 50.3 Å². The number of amides is 1. The number of carbonyl (C=O) groups excluding carboxylic acids is 1. The average molecular weight is 261 g/mol. The van der Waals surface area contributed by atoms with Gasteiger partial charge in [0.25, 0.3) is 5.91 Å². The molecule has 3 heteroatoms. The van der Waals surface area contributed by atoms with E-state index in [0.717, 1.165) is 25.8 Å². The van der Waals surface area contributed by atoms with Gasteiger partial charge in [0.15, 0.2) is 0 Å². The zero-order chi connectivity index (χ0) is 14.0. The highest BCUT2D eigenvalue weighted by Crippen LogP contribution is 2.23. The summed E-state index contributed by atoms with van der Waals surface area (Å²) in [5.74, 6) is -0.629. The Bertz CT molecular complexity index is 486. The second-order valence-electron chi connectivity index (χ2n) is 5.24. The van der Waals surface area contributed by atoms with Crippen molar-refractivity contribution in [2.75, 3.05) is 6.54 Å². The Morgan fingerprint density at radius 1 is 1.47 bits per heavy atom. The number of hydrogen-bond acceptors (Lipinski definition) is 1. The number of nitrogens with zero attached hydrogens (tertiary/aromatic N) is 1. The quantitative estimate of drug-likeness (QED) is 0.793. The molecule has 1 aromatic carbocycles. The number of aryl methyl sites for hydroxylation is 1. The molecule has 1 aliphatic rings. The van der Waals surface area contributed by atoms with Gasteiger partial charge >= 0.3 is 0 Å². The fraction of sp³-hybridized carbons (Fsp3) is 0.438. The van der Waals surface area contributed by atoms with E-state index in [9.17, 15) is 9.18 Å². The van der Waals surface area contributed by atoms with Crippen LogP contribution in [-0.4, -0.2) is 23.4 Å². The molecule has 0 spiro atoms. The first kappa shape index (κ1) is 13.8. The Morgan fingerprint density at radius 2 is 2.21 bits per heavy atom. The molecule has 1 saturated heterocycles. The van der Waals surface area contributed by atoms with Crippen LogP contribution in [0.5, 0.6) is 0 Å². The Morgan fingerprint density at radius 3 is 2.79 bits per heavy atom. The van der Waals surface area contributed by atoms with Crippen molar-refractivity contribution in [3.8, 4) is 0 Å². The third-order valence-corrected chi connectivity index (χ3v) is 3.82. The van der Waals surface area contributed by atoms with Crippen molar-refractivity contribution in [2.45, 2.75) is 39.2 Å². The van der Waals surface area contributed by atoms with E-state index in [4.69, 9.17) is 0 Å². The third-order valence-electron chi connectivity index (χ3n) is 3.82. The Kier molecular flexibility index (Phi) is 4.03. The third kappa shape index (κ3) is 2.70. The van der Waals surface area contributed by atoms with E-state index in [1.807, 2.05) is 6.92 Å². The van der Waals surface area contributed by atoms with E-state index >= 15 is 0 Å². The zero-order valence-electron chi connectivity index (χ0n) is 11.6. The second kappa shape index (κ2) is 5.55. The van der Waals surface area contributed by atoms with E-state index in [2.05, 4.69) is 6.58 Å². The summed E-state index contributed by atoms with van der Waals surface area (Å²) < 4.78 is 14.1. The second-order valence-corrected chi connectivity index (χ2v) is 5.24. The fourth-order valence-corrected chi connectivity index (χ4v) is 2.70. The van der Waals surface area contributed by atoms with Crippen LogP contribution in [0.3, 0.4) is 0 Å². The molecule has 0 radical (unpaired) electrons. The SMILES string of the molecule is C=Cc1cc(C)c(C(=O)N2CCCCC2C)c(F)c1. The predicted molar refractivity (Wildman–Crippen MR) is 75.6 cm³/mol. The van der Waals surface area contributed by atoms with Crippen molar-refractivity contribution < 1.29 is 9.18 Å². The lowest BCUT2D eigenvalue weighted by Crippen LogP contribution is -2.42. The molecule has 1 amide bonds. The van der Waals surface area contributed by atoms with Crippen LogP contribution in [0.1, 0.15) is 47.7 Å². The summed E-state index contributed by atoms with van der Waals surface area (Å²) in [6, 6.07) is 3.37. The van der Waals surface area contributed by atoms with Crippen molar-refractivity contribution in [1.82, 2.24) is 4.90 Å². The maximum absolute atomic E-state index is 14.1. The van der Waals surface area contributed by atoms with E-state index in [-0.39, 0.29) is 17.5 Å². The van der Waals surface area contributed by atoms with Crippen LogP contribution in [0.25, 0.3) is 6.08 Å². The maximum Gasteiger partial charge on any atom is 0.257 e. The average Bonchev–Trinajstić information content (AvgIpc) is 2.38. The molecule has 1 atom stereocenters.